The lowest BCUT2D eigenvalue weighted by molar-refractivity contribution is 0.151. The molecule has 6 nitrogen and oxygen atoms in total. The zero-order chi connectivity index (χ0) is 20.7. The summed E-state index contributed by atoms with van der Waals surface area (Å²) in [4.78, 5) is 13.1. The minimum absolute atomic E-state index is 0.0282. The number of hydrogen-bond donors (Lipinski definition) is 1. The van der Waals surface area contributed by atoms with E-state index in [0.717, 1.165) is 11.3 Å². The van der Waals surface area contributed by atoms with Gasteiger partial charge in [0.05, 0.1) is 24.8 Å². The monoisotopic (exact) mass is 392 g/mol. The largest absolute Gasteiger partial charge is 0.364 e. The molecule has 0 aliphatic rings. The molecule has 0 radical (unpaired) electrons. The molecule has 3 rings (SSSR count). The maximum Gasteiger partial charge on any atom is 0.263 e. The molecule has 0 saturated heterocycles. The van der Waals surface area contributed by atoms with Crippen molar-refractivity contribution < 1.29 is 13.2 Å². The van der Waals surface area contributed by atoms with E-state index >= 15 is 0 Å². The molecule has 0 unspecified atom stereocenters. The van der Waals surface area contributed by atoms with Crippen LogP contribution in [0.2, 0.25) is 0 Å². The van der Waals surface area contributed by atoms with Crippen molar-refractivity contribution in [3.63, 3.8) is 0 Å². The van der Waals surface area contributed by atoms with E-state index in [4.69, 9.17) is 0 Å². The first-order chi connectivity index (χ1) is 13.5. The van der Waals surface area contributed by atoms with Gasteiger partial charge in [-0.25, -0.2) is 18.7 Å². The number of aliphatic imine (C=N–C) groups is 1. The quantitative estimate of drug-likeness (QED) is 0.397. The molecule has 0 atom stereocenters. The maximum atomic E-state index is 12.9. The summed E-state index contributed by atoms with van der Waals surface area (Å²) in [6.45, 7) is 4.70. The summed E-state index contributed by atoms with van der Waals surface area (Å²) >= 11 is 0. The Morgan fingerprint density at radius 2 is 2.11 bits per heavy atom. The summed E-state index contributed by atoms with van der Waals surface area (Å²) < 4.78 is 39.1. The van der Waals surface area contributed by atoms with Crippen LogP contribution < -0.4 is 5.32 Å². The number of fused-ring (bicyclic) bond motifs is 1. The molecule has 3 aromatic rings. The third-order valence-electron chi connectivity index (χ3n) is 4.13. The summed E-state index contributed by atoms with van der Waals surface area (Å²) in [6.07, 6.45) is 2.75. The zero-order valence-electron chi connectivity index (χ0n) is 16.0. The average Bonchev–Trinajstić information content (AvgIpc) is 3.29. The summed E-state index contributed by atoms with van der Waals surface area (Å²) in [6, 6.07) is 4.54. The number of rotatable bonds is 6. The van der Waals surface area contributed by atoms with Gasteiger partial charge in [0.15, 0.2) is 11.7 Å². The minimum Gasteiger partial charge on any atom is -0.364 e. The maximum absolute atomic E-state index is 12.9. The number of aromatic nitrogens is 4. The van der Waals surface area contributed by atoms with Crippen molar-refractivity contribution in [3.05, 3.63) is 60.5 Å². The summed E-state index contributed by atoms with van der Waals surface area (Å²) in [5, 5.41) is 3.15. The SMILES string of the molecule is C=CCNC(=NC)c1nccn1Cc1nc2cc(C(F)F)ccc2n1C.CF. The van der Waals surface area contributed by atoms with Crippen LogP contribution in [0.3, 0.4) is 0 Å². The van der Waals surface area contributed by atoms with Crippen molar-refractivity contribution in [1.29, 1.82) is 0 Å². The third-order valence-corrected chi connectivity index (χ3v) is 4.13. The van der Waals surface area contributed by atoms with Crippen molar-refractivity contribution in [1.82, 2.24) is 24.4 Å². The van der Waals surface area contributed by atoms with Gasteiger partial charge in [0.2, 0.25) is 0 Å². The second-order valence-electron chi connectivity index (χ2n) is 5.76. The standard InChI is InChI=1S/C18H20F2N6.CH3F/c1-4-7-22-17(21-2)18-23-8-9-26(18)11-15-24-13-10-12(16(19)20)5-6-14(13)25(15)3;1-2/h4-6,8-10,16H,1,7,11H2,2-3H3,(H,21,22);1H3. The molecule has 0 fully saturated rings. The predicted octanol–water partition coefficient (Wildman–Crippen LogP) is 3.49. The number of nitrogens with one attached hydrogen (secondary N) is 1. The number of amidine groups is 1. The van der Waals surface area contributed by atoms with Crippen LogP contribution in [-0.2, 0) is 13.6 Å². The third kappa shape index (κ3) is 4.41. The molecule has 0 spiro atoms. The van der Waals surface area contributed by atoms with E-state index in [1.807, 2.05) is 22.4 Å². The highest BCUT2D eigenvalue weighted by molar-refractivity contribution is 5.95. The van der Waals surface area contributed by atoms with Gasteiger partial charge in [-0.15, -0.1) is 6.58 Å². The van der Waals surface area contributed by atoms with Gasteiger partial charge in [0.1, 0.15) is 5.82 Å². The smallest absolute Gasteiger partial charge is 0.263 e. The van der Waals surface area contributed by atoms with E-state index in [9.17, 15) is 13.2 Å². The molecule has 9 heteroatoms. The van der Waals surface area contributed by atoms with Crippen LogP contribution in [0.5, 0.6) is 0 Å². The van der Waals surface area contributed by atoms with Crippen molar-refractivity contribution >= 4 is 16.9 Å². The lowest BCUT2D eigenvalue weighted by Crippen LogP contribution is -2.28. The van der Waals surface area contributed by atoms with Crippen LogP contribution in [0.25, 0.3) is 11.0 Å². The van der Waals surface area contributed by atoms with Gasteiger partial charge in [-0.1, -0.05) is 12.1 Å². The first kappa shape index (κ1) is 21.2. The van der Waals surface area contributed by atoms with Crippen LogP contribution >= 0.6 is 0 Å². The highest BCUT2D eigenvalue weighted by atomic mass is 19.3. The van der Waals surface area contributed by atoms with Gasteiger partial charge in [-0.05, 0) is 12.1 Å². The Balaban J connectivity index is 0.00000136. The molecule has 1 N–H and O–H groups in total. The van der Waals surface area contributed by atoms with Gasteiger partial charge in [-0.3, -0.25) is 9.38 Å². The van der Waals surface area contributed by atoms with Crippen LogP contribution in [-0.4, -0.2) is 45.7 Å². The summed E-state index contributed by atoms with van der Waals surface area (Å²) in [7, 11) is 4.06. The first-order valence-corrected chi connectivity index (χ1v) is 8.49. The Morgan fingerprint density at radius 1 is 1.36 bits per heavy atom. The Labute approximate surface area is 161 Å². The molecular weight excluding hydrogens is 369 g/mol. The molecule has 0 amide bonds. The Hall–Kier alpha value is -3.10. The van der Waals surface area contributed by atoms with Crippen LogP contribution in [0.1, 0.15) is 23.6 Å². The van der Waals surface area contributed by atoms with E-state index in [1.165, 1.54) is 12.1 Å². The molecular formula is C19H23F3N6. The summed E-state index contributed by atoms with van der Waals surface area (Å²) in [5.41, 5.74) is 1.33. The van der Waals surface area contributed by atoms with E-state index in [2.05, 4.69) is 26.9 Å². The highest BCUT2D eigenvalue weighted by Gasteiger charge is 2.15. The fraction of sp³-hybridized carbons (Fsp3) is 0.316. The molecule has 1 aromatic carbocycles. The average molecular weight is 392 g/mol. The van der Waals surface area contributed by atoms with Crippen LogP contribution in [0, 0.1) is 0 Å². The lowest BCUT2D eigenvalue weighted by Gasteiger charge is -2.10. The van der Waals surface area contributed by atoms with Crippen molar-refractivity contribution in [2.75, 3.05) is 20.8 Å². The molecule has 28 heavy (non-hydrogen) atoms. The van der Waals surface area contributed by atoms with Crippen LogP contribution in [0.4, 0.5) is 13.2 Å². The Morgan fingerprint density at radius 3 is 2.75 bits per heavy atom. The predicted molar refractivity (Wildman–Crippen MR) is 105 cm³/mol. The number of imidazole rings is 2. The van der Waals surface area contributed by atoms with Gasteiger partial charge < -0.3 is 14.5 Å². The molecule has 2 aromatic heterocycles. The second kappa shape index (κ2) is 9.72. The number of halogens is 3. The second-order valence-corrected chi connectivity index (χ2v) is 5.76. The van der Waals surface area contributed by atoms with Crippen molar-refractivity contribution in [2.24, 2.45) is 12.0 Å². The van der Waals surface area contributed by atoms with Gasteiger partial charge in [0.25, 0.3) is 6.43 Å². The van der Waals surface area contributed by atoms with Gasteiger partial charge >= 0.3 is 0 Å². The van der Waals surface area contributed by atoms with Gasteiger partial charge in [-0.2, -0.15) is 0 Å². The van der Waals surface area contributed by atoms with E-state index in [-0.39, 0.29) is 5.56 Å². The van der Waals surface area contributed by atoms with Gasteiger partial charge in [0, 0.05) is 38.6 Å². The van der Waals surface area contributed by atoms with Crippen molar-refractivity contribution in [3.8, 4) is 0 Å². The minimum atomic E-state index is -2.51. The topological polar surface area (TPSA) is 60.0 Å². The molecule has 0 bridgehead atoms. The number of aryl methyl sites for hydroxylation is 1. The van der Waals surface area contributed by atoms with Crippen LogP contribution in [0.15, 0.2) is 48.2 Å². The summed E-state index contributed by atoms with van der Waals surface area (Å²) in [5.74, 6) is 2.06. The van der Waals surface area contributed by atoms with E-state index in [0.29, 0.717) is 37.4 Å². The zero-order valence-corrected chi connectivity index (χ0v) is 16.0. The van der Waals surface area contributed by atoms with E-state index in [1.54, 1.807) is 25.4 Å². The molecule has 0 aliphatic carbocycles. The number of alkyl halides is 3. The highest BCUT2D eigenvalue weighted by Crippen LogP contribution is 2.24. The molecule has 2 heterocycles. The number of nitrogens with zero attached hydrogens (tertiary/aromatic N) is 5. The fourth-order valence-corrected chi connectivity index (χ4v) is 2.78. The fourth-order valence-electron chi connectivity index (χ4n) is 2.78. The Bertz CT molecular complexity index is 958. The number of hydrogen-bond acceptors (Lipinski definition) is 3. The Kier molecular flexibility index (Phi) is 7.36. The van der Waals surface area contributed by atoms with Crippen molar-refractivity contribution in [2.45, 2.75) is 13.0 Å². The molecule has 150 valence electrons. The lowest BCUT2D eigenvalue weighted by atomic mass is 10.2. The van der Waals surface area contributed by atoms with E-state index < -0.39 is 6.43 Å². The molecule has 0 aliphatic heterocycles. The number of benzene rings is 1. The normalized spacial score (nSPS) is 11.5. The molecule has 0 saturated carbocycles. The first-order valence-electron chi connectivity index (χ1n) is 8.49.